The maximum absolute atomic E-state index is 12.2. The lowest BCUT2D eigenvalue weighted by atomic mass is 9.91. The van der Waals surface area contributed by atoms with Crippen LogP contribution in [0.15, 0.2) is 0 Å². The van der Waals surface area contributed by atoms with Gasteiger partial charge in [-0.05, 0) is 31.2 Å². The lowest BCUT2D eigenvalue weighted by Crippen LogP contribution is -2.45. The van der Waals surface area contributed by atoms with Crippen LogP contribution in [-0.2, 0) is 4.79 Å². The van der Waals surface area contributed by atoms with Gasteiger partial charge < -0.3 is 10.2 Å². The minimum absolute atomic E-state index is 0.252. The van der Waals surface area contributed by atoms with Gasteiger partial charge in [-0.2, -0.15) is 0 Å². The number of carbonyl (C=O) groups is 1. The molecule has 3 nitrogen and oxygen atoms in total. The normalized spacial score (nSPS) is 36.9. The molecule has 1 N–H and O–H groups in total. The minimum atomic E-state index is 0.252. The van der Waals surface area contributed by atoms with Crippen LogP contribution in [-0.4, -0.2) is 37.0 Å². The summed E-state index contributed by atoms with van der Waals surface area (Å²) in [7, 11) is 0. The zero-order chi connectivity index (χ0) is 10.8. The topological polar surface area (TPSA) is 32.3 Å². The quantitative estimate of drug-likeness (QED) is 0.703. The summed E-state index contributed by atoms with van der Waals surface area (Å²) in [6.07, 6.45) is 2.30. The van der Waals surface area contributed by atoms with Crippen molar-refractivity contribution >= 4 is 5.91 Å². The van der Waals surface area contributed by atoms with Crippen LogP contribution in [0, 0.1) is 17.8 Å². The molecule has 2 aliphatic rings. The summed E-state index contributed by atoms with van der Waals surface area (Å²) in [5.41, 5.74) is 0. The third kappa shape index (κ3) is 2.51. The highest BCUT2D eigenvalue weighted by atomic mass is 16.2. The second kappa shape index (κ2) is 4.52. The van der Waals surface area contributed by atoms with Crippen molar-refractivity contribution in [3.05, 3.63) is 0 Å². The van der Waals surface area contributed by atoms with E-state index >= 15 is 0 Å². The third-order valence-electron chi connectivity index (χ3n) is 3.59. The molecule has 0 bridgehead atoms. The van der Waals surface area contributed by atoms with Gasteiger partial charge in [0.2, 0.25) is 5.91 Å². The Morgan fingerprint density at radius 3 is 2.47 bits per heavy atom. The summed E-state index contributed by atoms with van der Waals surface area (Å²) in [6, 6.07) is 0. The SMILES string of the molecule is C[C@@H]1C[C@H](C)CN(C(=O)[C@@H]2CCNC2)C1. The first kappa shape index (κ1) is 10.9. The van der Waals surface area contributed by atoms with Crippen molar-refractivity contribution < 1.29 is 4.79 Å². The summed E-state index contributed by atoms with van der Waals surface area (Å²) in [5.74, 6) is 1.99. The molecular formula is C12H22N2O. The standard InChI is InChI=1S/C12H22N2O/c1-9-5-10(2)8-14(7-9)12(15)11-3-4-13-6-11/h9-11,13H,3-8H2,1-2H3/t9-,10+,11-/m1/s1. The van der Waals surface area contributed by atoms with Gasteiger partial charge in [0.15, 0.2) is 0 Å². The number of nitrogens with one attached hydrogen (secondary N) is 1. The maximum Gasteiger partial charge on any atom is 0.227 e. The molecule has 0 unspecified atom stereocenters. The number of hydrogen-bond acceptors (Lipinski definition) is 2. The Morgan fingerprint density at radius 1 is 1.27 bits per heavy atom. The minimum Gasteiger partial charge on any atom is -0.342 e. The second-order valence-corrected chi connectivity index (χ2v) is 5.38. The summed E-state index contributed by atoms with van der Waals surface area (Å²) >= 11 is 0. The van der Waals surface area contributed by atoms with Crippen LogP contribution < -0.4 is 5.32 Å². The number of likely N-dealkylation sites (tertiary alicyclic amines) is 1. The Morgan fingerprint density at radius 2 is 1.93 bits per heavy atom. The van der Waals surface area contributed by atoms with E-state index < -0.39 is 0 Å². The Balaban J connectivity index is 1.93. The van der Waals surface area contributed by atoms with Gasteiger partial charge in [-0.3, -0.25) is 4.79 Å². The molecule has 1 amide bonds. The lowest BCUT2D eigenvalue weighted by Gasteiger charge is -2.36. The van der Waals surface area contributed by atoms with E-state index in [0.717, 1.165) is 32.6 Å². The van der Waals surface area contributed by atoms with Crippen LogP contribution in [0.4, 0.5) is 0 Å². The number of piperidine rings is 1. The molecular weight excluding hydrogens is 188 g/mol. The molecule has 2 heterocycles. The predicted molar refractivity (Wildman–Crippen MR) is 60.5 cm³/mol. The number of rotatable bonds is 1. The first-order valence-electron chi connectivity index (χ1n) is 6.16. The van der Waals surface area contributed by atoms with Gasteiger partial charge in [-0.15, -0.1) is 0 Å². The largest absolute Gasteiger partial charge is 0.342 e. The van der Waals surface area contributed by atoms with Crippen molar-refractivity contribution in [1.29, 1.82) is 0 Å². The molecule has 0 saturated carbocycles. The first-order chi connectivity index (χ1) is 7.16. The zero-order valence-corrected chi connectivity index (χ0v) is 9.83. The van der Waals surface area contributed by atoms with E-state index in [1.807, 2.05) is 0 Å². The maximum atomic E-state index is 12.2. The Bertz CT molecular complexity index is 226. The number of carbonyl (C=O) groups excluding carboxylic acids is 1. The summed E-state index contributed by atoms with van der Waals surface area (Å²) in [5, 5.41) is 3.27. The Labute approximate surface area is 92.2 Å². The third-order valence-corrected chi connectivity index (χ3v) is 3.59. The number of hydrogen-bond donors (Lipinski definition) is 1. The fourth-order valence-corrected chi connectivity index (χ4v) is 2.97. The predicted octanol–water partition coefficient (Wildman–Crippen LogP) is 1.10. The van der Waals surface area contributed by atoms with Crippen molar-refractivity contribution in [2.24, 2.45) is 17.8 Å². The highest BCUT2D eigenvalue weighted by molar-refractivity contribution is 5.79. The van der Waals surface area contributed by atoms with Crippen molar-refractivity contribution in [3.8, 4) is 0 Å². The molecule has 2 aliphatic heterocycles. The molecule has 0 spiro atoms. The van der Waals surface area contributed by atoms with Crippen LogP contribution in [0.25, 0.3) is 0 Å². The van der Waals surface area contributed by atoms with E-state index in [1.165, 1.54) is 6.42 Å². The van der Waals surface area contributed by atoms with Gasteiger partial charge in [0, 0.05) is 19.6 Å². The van der Waals surface area contributed by atoms with Gasteiger partial charge in [0.1, 0.15) is 0 Å². The molecule has 2 rings (SSSR count). The molecule has 0 radical (unpaired) electrons. The van der Waals surface area contributed by atoms with Crippen molar-refractivity contribution in [3.63, 3.8) is 0 Å². The number of nitrogens with zero attached hydrogens (tertiary/aromatic N) is 1. The van der Waals surface area contributed by atoms with Crippen molar-refractivity contribution in [1.82, 2.24) is 10.2 Å². The molecule has 3 heteroatoms. The molecule has 3 atom stereocenters. The molecule has 0 aromatic heterocycles. The van der Waals surface area contributed by atoms with E-state index in [-0.39, 0.29) is 5.92 Å². The van der Waals surface area contributed by atoms with Crippen molar-refractivity contribution in [2.45, 2.75) is 26.7 Å². The Hall–Kier alpha value is -0.570. The van der Waals surface area contributed by atoms with Gasteiger partial charge in [0.05, 0.1) is 5.92 Å². The van der Waals surface area contributed by atoms with Crippen LogP contribution in [0.2, 0.25) is 0 Å². The molecule has 2 fully saturated rings. The summed E-state index contributed by atoms with van der Waals surface area (Å²) in [4.78, 5) is 14.3. The molecule has 0 aliphatic carbocycles. The monoisotopic (exact) mass is 210 g/mol. The average molecular weight is 210 g/mol. The molecule has 2 saturated heterocycles. The van der Waals surface area contributed by atoms with E-state index in [9.17, 15) is 4.79 Å². The molecule has 15 heavy (non-hydrogen) atoms. The van der Waals surface area contributed by atoms with Gasteiger partial charge in [-0.25, -0.2) is 0 Å². The smallest absolute Gasteiger partial charge is 0.227 e. The van der Waals surface area contributed by atoms with E-state index in [4.69, 9.17) is 0 Å². The van der Waals surface area contributed by atoms with Crippen LogP contribution >= 0.6 is 0 Å². The fraction of sp³-hybridized carbons (Fsp3) is 0.917. The number of amides is 1. The van der Waals surface area contributed by atoms with E-state index in [2.05, 4.69) is 24.1 Å². The molecule has 0 aromatic carbocycles. The fourth-order valence-electron chi connectivity index (χ4n) is 2.97. The second-order valence-electron chi connectivity index (χ2n) is 5.38. The van der Waals surface area contributed by atoms with Crippen LogP contribution in [0.1, 0.15) is 26.7 Å². The van der Waals surface area contributed by atoms with Crippen LogP contribution in [0.5, 0.6) is 0 Å². The molecule has 0 aromatic rings. The van der Waals surface area contributed by atoms with Gasteiger partial charge in [0.25, 0.3) is 0 Å². The van der Waals surface area contributed by atoms with Crippen molar-refractivity contribution in [2.75, 3.05) is 26.2 Å². The first-order valence-corrected chi connectivity index (χ1v) is 6.16. The van der Waals surface area contributed by atoms with Crippen LogP contribution in [0.3, 0.4) is 0 Å². The van der Waals surface area contributed by atoms with E-state index in [0.29, 0.717) is 17.7 Å². The highest BCUT2D eigenvalue weighted by Crippen LogP contribution is 2.23. The van der Waals surface area contributed by atoms with Gasteiger partial charge >= 0.3 is 0 Å². The Kier molecular flexibility index (Phi) is 3.29. The molecule has 86 valence electrons. The highest BCUT2D eigenvalue weighted by Gasteiger charge is 2.31. The zero-order valence-electron chi connectivity index (χ0n) is 9.83. The lowest BCUT2D eigenvalue weighted by molar-refractivity contribution is -0.137. The van der Waals surface area contributed by atoms with Gasteiger partial charge in [-0.1, -0.05) is 13.8 Å². The summed E-state index contributed by atoms with van der Waals surface area (Å²) in [6.45, 7) is 8.35. The average Bonchev–Trinajstić information content (AvgIpc) is 2.67. The van der Waals surface area contributed by atoms with E-state index in [1.54, 1.807) is 0 Å². The summed E-state index contributed by atoms with van der Waals surface area (Å²) < 4.78 is 0.